The van der Waals surface area contributed by atoms with Gasteiger partial charge in [-0.15, -0.1) is 0 Å². The third kappa shape index (κ3) is 9.84. The van der Waals surface area contributed by atoms with Crippen molar-refractivity contribution in [2.75, 3.05) is 50.8 Å². The van der Waals surface area contributed by atoms with E-state index in [2.05, 4.69) is 20.6 Å². The number of alkyl halides is 2. The number of anilines is 1. The van der Waals surface area contributed by atoms with Gasteiger partial charge in [-0.3, -0.25) is 29.3 Å². The van der Waals surface area contributed by atoms with Gasteiger partial charge in [0.15, 0.2) is 28.8 Å². The first-order valence-electron chi connectivity index (χ1n) is 26.0. The fraction of sp³-hybridized carbons (Fsp3) is 0.473. The molecule has 4 fully saturated rings. The van der Waals surface area contributed by atoms with Crippen LogP contribution in [0.15, 0.2) is 54.6 Å². The summed E-state index contributed by atoms with van der Waals surface area (Å²) in [5.41, 5.74) is 4.80. The second-order valence-corrected chi connectivity index (χ2v) is 21.1. The third-order valence-electron chi connectivity index (χ3n) is 16.4. The normalized spacial score (nSPS) is 22.8. The number of nitrogens with two attached hydrogens (primary N) is 1. The molecule has 1 aliphatic carbocycles. The van der Waals surface area contributed by atoms with E-state index in [-0.39, 0.29) is 88.5 Å². The molecular weight excluding hydrogens is 1020 g/mol. The Morgan fingerprint density at radius 3 is 2.28 bits per heavy atom. The van der Waals surface area contributed by atoms with Gasteiger partial charge in [0.1, 0.15) is 22.9 Å². The van der Waals surface area contributed by atoms with Gasteiger partial charge in [0.05, 0.1) is 22.6 Å². The van der Waals surface area contributed by atoms with Crippen molar-refractivity contribution in [2.24, 2.45) is 18.7 Å². The first-order valence-corrected chi connectivity index (χ1v) is 26.4. The first kappa shape index (κ1) is 53.0. The molecule has 5 aliphatic rings. The van der Waals surface area contributed by atoms with Crippen molar-refractivity contribution in [1.82, 2.24) is 30.2 Å². The molecule has 76 heavy (non-hydrogen) atoms. The monoisotopic (exact) mass is 1080 g/mol. The van der Waals surface area contributed by atoms with Crippen LogP contribution in [-0.4, -0.2) is 108 Å². The molecule has 4 aliphatic heterocycles. The summed E-state index contributed by atoms with van der Waals surface area (Å²) in [6.45, 7) is 4.10. The quantitative estimate of drug-likeness (QED) is 0.0920. The summed E-state index contributed by atoms with van der Waals surface area (Å²) >= 11 is 6.70. The first-order chi connectivity index (χ1) is 36.4. The summed E-state index contributed by atoms with van der Waals surface area (Å²) in [5, 5.41) is 9.94. The highest BCUT2D eigenvalue weighted by Gasteiger charge is 2.50. The number of ether oxygens (including phenoxy) is 2. The number of aromatic nitrogens is 2. The standard InChI is InChI=1S/C55H59ClF6N8O6/c1-29-43-40(27-38(58)47(56)46(43)45-35(51(63)72)12-13-39(48(45)61)75-25-19-41(59)60)76-55(29,32-6-4-3-5-7-32)28-64-33-10-8-31(9-11-33)53(73)69-22-16-34(17-23-69)68-20-14-30(15-21-68)44-37(57)26-36-50(49(44)62)67(2)66-52(36)70-24-18-42(71)65-54(70)74/h3-7,12-13,26-27,29-31,33-34,41,64H,8-11,14-25,28H2,1-2H3,(H2,63,72)(H,65,71,74)/t29-,31?,33?,55-/m0/s1. The zero-order valence-corrected chi connectivity index (χ0v) is 42.8. The summed E-state index contributed by atoms with van der Waals surface area (Å²) in [4.78, 5) is 56.7. The number of carbonyl (C=O) groups excluding carboxylic acids is 4. The van der Waals surface area contributed by atoms with Gasteiger partial charge in [-0.2, -0.15) is 5.10 Å². The summed E-state index contributed by atoms with van der Waals surface area (Å²) in [5.74, 6) is -6.20. The van der Waals surface area contributed by atoms with Crippen LogP contribution in [0.1, 0.15) is 110 Å². The van der Waals surface area contributed by atoms with Gasteiger partial charge in [0.2, 0.25) is 24.1 Å². The lowest BCUT2D eigenvalue weighted by atomic mass is 9.77. The molecule has 5 heterocycles. The Hall–Kier alpha value is -6.38. The van der Waals surface area contributed by atoms with Crippen LogP contribution in [0, 0.1) is 29.2 Å². The number of benzene rings is 4. The molecule has 4 N–H and O–H groups in total. The number of primary amides is 1. The van der Waals surface area contributed by atoms with Gasteiger partial charge in [0, 0.05) is 98.3 Å². The number of amides is 5. The number of hydrogen-bond donors (Lipinski definition) is 3. The predicted molar refractivity (Wildman–Crippen MR) is 272 cm³/mol. The molecule has 0 unspecified atom stereocenters. The van der Waals surface area contributed by atoms with Crippen molar-refractivity contribution in [3.05, 3.63) is 105 Å². The van der Waals surface area contributed by atoms with E-state index >= 15 is 17.6 Å². The Morgan fingerprint density at radius 1 is 0.895 bits per heavy atom. The molecule has 5 amide bonds. The number of halogens is 7. The SMILES string of the molecule is C[C@H]1c2c(cc(F)c(Cl)c2-c2c(C(N)=O)ccc(OCCC(F)F)c2F)O[C@]1(CNC1CCC(C(=O)N2CCC(N3CCC(c4c(F)cc5c(N6CCC(=O)NC6=O)nn(C)c5c4F)CC3)CC2)CC1)c1ccccc1. The number of piperidine rings is 2. The minimum absolute atomic E-state index is 0.0140. The molecule has 5 aromatic rings. The van der Waals surface area contributed by atoms with Crippen molar-refractivity contribution < 1.29 is 55.0 Å². The molecule has 2 atom stereocenters. The lowest BCUT2D eigenvalue weighted by molar-refractivity contribution is -0.138. The maximum Gasteiger partial charge on any atom is 0.329 e. The molecule has 1 saturated carbocycles. The fourth-order valence-corrected chi connectivity index (χ4v) is 12.6. The van der Waals surface area contributed by atoms with Gasteiger partial charge in [-0.1, -0.05) is 48.9 Å². The lowest BCUT2D eigenvalue weighted by Crippen LogP contribution is -2.51. The number of imide groups is 1. The molecule has 4 aromatic carbocycles. The van der Waals surface area contributed by atoms with Crippen LogP contribution in [0.2, 0.25) is 5.02 Å². The van der Waals surface area contributed by atoms with Gasteiger partial charge >= 0.3 is 6.03 Å². The van der Waals surface area contributed by atoms with Crippen LogP contribution in [0.5, 0.6) is 11.5 Å². The van der Waals surface area contributed by atoms with E-state index in [9.17, 15) is 28.0 Å². The Morgan fingerprint density at radius 2 is 1.61 bits per heavy atom. The Labute approximate surface area is 440 Å². The predicted octanol–water partition coefficient (Wildman–Crippen LogP) is 9.44. The second-order valence-electron chi connectivity index (χ2n) is 20.7. The number of hydrogen-bond acceptors (Lipinski definition) is 9. The summed E-state index contributed by atoms with van der Waals surface area (Å²) in [6.07, 6.45) is 2.03. The zero-order chi connectivity index (χ0) is 53.7. The topological polar surface area (TPSA) is 164 Å². The van der Waals surface area contributed by atoms with Gasteiger partial charge in [-0.25, -0.2) is 31.1 Å². The number of nitrogens with zero attached hydrogens (tertiary/aromatic N) is 5. The maximum absolute atomic E-state index is 16.6. The average molecular weight is 1080 g/mol. The van der Waals surface area contributed by atoms with E-state index in [0.29, 0.717) is 70.3 Å². The van der Waals surface area contributed by atoms with Crippen molar-refractivity contribution >= 4 is 52.1 Å². The Kier molecular flexibility index (Phi) is 15.0. The van der Waals surface area contributed by atoms with E-state index in [4.69, 9.17) is 26.8 Å². The molecular formula is C55H59ClF6N8O6. The van der Waals surface area contributed by atoms with Crippen molar-refractivity contribution in [2.45, 2.75) is 107 Å². The third-order valence-corrected chi connectivity index (χ3v) is 16.8. The molecule has 1 aromatic heterocycles. The van der Waals surface area contributed by atoms with Crippen LogP contribution in [0.3, 0.4) is 0 Å². The van der Waals surface area contributed by atoms with Gasteiger partial charge < -0.3 is 30.3 Å². The highest BCUT2D eigenvalue weighted by Crippen LogP contribution is 2.57. The minimum atomic E-state index is -2.70. The van der Waals surface area contributed by atoms with Crippen molar-refractivity contribution in [3.63, 3.8) is 0 Å². The Bertz CT molecular complexity index is 3070. The molecule has 404 valence electrons. The van der Waals surface area contributed by atoms with E-state index in [1.807, 2.05) is 42.2 Å². The number of nitrogens with one attached hydrogen (secondary N) is 2. The maximum atomic E-state index is 16.6. The Balaban J connectivity index is 0.760. The van der Waals surface area contributed by atoms with Crippen LogP contribution >= 0.6 is 11.6 Å². The van der Waals surface area contributed by atoms with Gasteiger partial charge in [0.25, 0.3) is 0 Å². The highest BCUT2D eigenvalue weighted by atomic mass is 35.5. The molecule has 10 rings (SSSR count). The largest absolute Gasteiger partial charge is 0.490 e. The van der Waals surface area contributed by atoms with Crippen molar-refractivity contribution in [1.29, 1.82) is 0 Å². The highest BCUT2D eigenvalue weighted by molar-refractivity contribution is 6.34. The van der Waals surface area contributed by atoms with Crippen LogP contribution in [0.25, 0.3) is 22.0 Å². The number of fused-ring (bicyclic) bond motifs is 2. The molecule has 3 saturated heterocycles. The second kappa shape index (κ2) is 21.6. The van der Waals surface area contributed by atoms with E-state index in [0.717, 1.165) is 30.5 Å². The number of carbonyl (C=O) groups is 4. The van der Waals surface area contributed by atoms with Crippen LogP contribution in [0.4, 0.5) is 37.0 Å². The number of likely N-dealkylation sites (tertiary alicyclic amines) is 2. The van der Waals surface area contributed by atoms with Gasteiger partial charge in [-0.05, 0) is 94.1 Å². The fourth-order valence-electron chi connectivity index (χ4n) is 12.4. The lowest BCUT2D eigenvalue weighted by Gasteiger charge is -2.43. The average Bonchev–Trinajstić information content (AvgIpc) is 3.92. The number of urea groups is 1. The van der Waals surface area contributed by atoms with E-state index < -0.39 is 88.4 Å². The number of rotatable bonds is 14. The number of aryl methyl sites for hydroxylation is 1. The summed E-state index contributed by atoms with van der Waals surface area (Å²) < 4.78 is 104. The molecule has 0 radical (unpaired) electrons. The van der Waals surface area contributed by atoms with E-state index in [1.54, 1.807) is 7.05 Å². The molecule has 21 heteroatoms. The smallest absolute Gasteiger partial charge is 0.329 e. The summed E-state index contributed by atoms with van der Waals surface area (Å²) in [6, 6.07) is 13.5. The minimum Gasteiger partial charge on any atom is -0.490 e. The zero-order valence-electron chi connectivity index (χ0n) is 42.1. The van der Waals surface area contributed by atoms with Crippen LogP contribution in [-0.2, 0) is 22.2 Å². The molecule has 14 nitrogen and oxygen atoms in total. The van der Waals surface area contributed by atoms with Crippen molar-refractivity contribution in [3.8, 4) is 22.6 Å². The van der Waals surface area contributed by atoms with Crippen LogP contribution < -0.4 is 30.7 Å². The molecule has 0 spiro atoms. The summed E-state index contributed by atoms with van der Waals surface area (Å²) in [7, 11) is 1.55. The van der Waals surface area contributed by atoms with E-state index in [1.165, 1.54) is 21.7 Å². The molecule has 0 bridgehead atoms.